The van der Waals surface area contributed by atoms with E-state index in [1.165, 1.54) is 6.42 Å². The SMILES string of the molecule is CCCCOC1=CN=C(C)CC=C1. The molecule has 0 unspecified atom stereocenters. The third-order valence-corrected chi connectivity index (χ3v) is 1.87. The summed E-state index contributed by atoms with van der Waals surface area (Å²) in [5.41, 5.74) is 1.13. The molecule has 13 heavy (non-hydrogen) atoms. The molecule has 0 aliphatic carbocycles. The third kappa shape index (κ3) is 3.92. The molecule has 0 aromatic heterocycles. The first kappa shape index (κ1) is 10.0. The topological polar surface area (TPSA) is 21.6 Å². The van der Waals surface area contributed by atoms with Gasteiger partial charge in [0.15, 0.2) is 0 Å². The minimum absolute atomic E-state index is 0.793. The number of nitrogens with zero attached hydrogens (tertiary/aromatic N) is 1. The van der Waals surface area contributed by atoms with Gasteiger partial charge in [-0.2, -0.15) is 0 Å². The van der Waals surface area contributed by atoms with E-state index < -0.39 is 0 Å². The van der Waals surface area contributed by atoms with Gasteiger partial charge >= 0.3 is 0 Å². The van der Waals surface area contributed by atoms with Crippen molar-refractivity contribution in [2.75, 3.05) is 6.61 Å². The van der Waals surface area contributed by atoms with Gasteiger partial charge < -0.3 is 4.74 Å². The Balaban J connectivity index is 2.40. The normalized spacial score (nSPS) is 16.2. The lowest BCUT2D eigenvalue weighted by Crippen LogP contribution is -1.91. The van der Waals surface area contributed by atoms with Gasteiger partial charge in [-0.3, -0.25) is 4.99 Å². The van der Waals surface area contributed by atoms with Gasteiger partial charge in [0.25, 0.3) is 0 Å². The predicted octanol–water partition coefficient (Wildman–Crippen LogP) is 3.07. The van der Waals surface area contributed by atoms with Crippen molar-refractivity contribution in [2.24, 2.45) is 4.99 Å². The standard InChI is InChI=1S/C11H17NO/c1-3-4-8-13-11-7-5-6-10(2)12-9-11/h5,7,9H,3-4,6,8H2,1-2H3. The Morgan fingerprint density at radius 1 is 1.54 bits per heavy atom. The van der Waals surface area contributed by atoms with Crippen molar-refractivity contribution in [3.05, 3.63) is 24.1 Å². The van der Waals surface area contributed by atoms with Crippen LogP contribution in [0.1, 0.15) is 33.1 Å². The van der Waals surface area contributed by atoms with E-state index in [-0.39, 0.29) is 0 Å². The summed E-state index contributed by atoms with van der Waals surface area (Å²) in [4.78, 5) is 4.25. The van der Waals surface area contributed by atoms with Gasteiger partial charge in [-0.05, 0) is 19.4 Å². The number of hydrogen-bond donors (Lipinski definition) is 0. The first-order valence-electron chi connectivity index (χ1n) is 4.85. The molecule has 1 aliphatic heterocycles. The van der Waals surface area contributed by atoms with Crippen molar-refractivity contribution < 1.29 is 4.74 Å². The molecule has 0 atom stereocenters. The van der Waals surface area contributed by atoms with Crippen LogP contribution >= 0.6 is 0 Å². The quantitative estimate of drug-likeness (QED) is 0.608. The Morgan fingerprint density at radius 3 is 3.15 bits per heavy atom. The Labute approximate surface area is 80.0 Å². The lowest BCUT2D eigenvalue weighted by molar-refractivity contribution is 0.219. The molecule has 0 radical (unpaired) electrons. The van der Waals surface area contributed by atoms with E-state index in [0.29, 0.717) is 0 Å². The third-order valence-electron chi connectivity index (χ3n) is 1.87. The maximum atomic E-state index is 5.52. The van der Waals surface area contributed by atoms with Crippen LogP contribution in [-0.2, 0) is 4.74 Å². The molecule has 1 aliphatic rings. The van der Waals surface area contributed by atoms with Crippen molar-refractivity contribution >= 4 is 5.71 Å². The van der Waals surface area contributed by atoms with Crippen LogP contribution in [0.4, 0.5) is 0 Å². The Kier molecular flexibility index (Phi) is 4.30. The molecular formula is C11H17NO. The van der Waals surface area contributed by atoms with Crippen molar-refractivity contribution in [3.8, 4) is 0 Å². The molecule has 2 heteroatoms. The molecule has 0 aromatic carbocycles. The first-order chi connectivity index (χ1) is 6.33. The summed E-state index contributed by atoms with van der Waals surface area (Å²) in [7, 11) is 0. The fraction of sp³-hybridized carbons (Fsp3) is 0.545. The monoisotopic (exact) mass is 179 g/mol. The fourth-order valence-electron chi connectivity index (χ4n) is 1.03. The Hall–Kier alpha value is -1.05. The highest BCUT2D eigenvalue weighted by molar-refractivity contribution is 5.84. The minimum atomic E-state index is 0.793. The number of rotatable bonds is 4. The maximum absolute atomic E-state index is 5.52. The van der Waals surface area contributed by atoms with Crippen LogP contribution in [0.2, 0.25) is 0 Å². The summed E-state index contributed by atoms with van der Waals surface area (Å²) in [6.45, 7) is 4.97. The van der Waals surface area contributed by atoms with E-state index in [4.69, 9.17) is 4.74 Å². The molecule has 0 N–H and O–H groups in total. The van der Waals surface area contributed by atoms with Crippen molar-refractivity contribution in [3.63, 3.8) is 0 Å². The number of unbranched alkanes of at least 4 members (excludes halogenated alkanes) is 1. The van der Waals surface area contributed by atoms with Gasteiger partial charge in [0.2, 0.25) is 0 Å². The molecule has 0 spiro atoms. The van der Waals surface area contributed by atoms with Crippen molar-refractivity contribution in [2.45, 2.75) is 33.1 Å². The molecule has 0 amide bonds. The summed E-state index contributed by atoms with van der Waals surface area (Å²) < 4.78 is 5.52. The number of aliphatic imine (C=N–C) groups is 1. The van der Waals surface area contributed by atoms with Gasteiger partial charge in [0, 0.05) is 12.1 Å². The van der Waals surface area contributed by atoms with E-state index in [1.807, 2.05) is 13.0 Å². The predicted molar refractivity (Wildman–Crippen MR) is 55.8 cm³/mol. The zero-order chi connectivity index (χ0) is 9.52. The molecule has 0 saturated heterocycles. The summed E-state index contributed by atoms with van der Waals surface area (Å²) in [6, 6.07) is 0. The van der Waals surface area contributed by atoms with Gasteiger partial charge in [-0.15, -0.1) is 0 Å². The van der Waals surface area contributed by atoms with Crippen LogP contribution < -0.4 is 0 Å². The van der Waals surface area contributed by atoms with E-state index >= 15 is 0 Å². The molecule has 0 bridgehead atoms. The molecule has 0 fully saturated rings. The van der Waals surface area contributed by atoms with Crippen molar-refractivity contribution in [1.29, 1.82) is 0 Å². The maximum Gasteiger partial charge on any atom is 0.137 e. The van der Waals surface area contributed by atoms with Crippen LogP contribution in [-0.4, -0.2) is 12.3 Å². The zero-order valence-corrected chi connectivity index (χ0v) is 8.42. The molecule has 72 valence electrons. The Morgan fingerprint density at radius 2 is 2.38 bits per heavy atom. The smallest absolute Gasteiger partial charge is 0.137 e. The zero-order valence-electron chi connectivity index (χ0n) is 8.42. The summed E-state index contributed by atoms with van der Waals surface area (Å²) in [5.74, 6) is 0.880. The second kappa shape index (κ2) is 5.57. The number of ether oxygens (including phenoxy) is 1. The number of allylic oxidation sites excluding steroid dienone is 2. The van der Waals surface area contributed by atoms with E-state index in [0.717, 1.165) is 30.9 Å². The average Bonchev–Trinajstić information content (AvgIpc) is 2.32. The largest absolute Gasteiger partial charge is 0.492 e. The van der Waals surface area contributed by atoms with Crippen LogP contribution in [0.3, 0.4) is 0 Å². The summed E-state index contributed by atoms with van der Waals surface area (Å²) in [6.07, 6.45) is 9.08. The summed E-state index contributed by atoms with van der Waals surface area (Å²) in [5, 5.41) is 0. The van der Waals surface area contributed by atoms with Gasteiger partial charge in [0.1, 0.15) is 5.76 Å². The van der Waals surface area contributed by atoms with Crippen LogP contribution in [0.5, 0.6) is 0 Å². The van der Waals surface area contributed by atoms with Crippen LogP contribution in [0, 0.1) is 0 Å². The highest BCUT2D eigenvalue weighted by Crippen LogP contribution is 2.07. The Bertz CT molecular complexity index is 238. The van der Waals surface area contributed by atoms with E-state index in [2.05, 4.69) is 18.0 Å². The second-order valence-corrected chi connectivity index (χ2v) is 3.20. The van der Waals surface area contributed by atoms with E-state index in [9.17, 15) is 0 Å². The molecule has 2 nitrogen and oxygen atoms in total. The highest BCUT2D eigenvalue weighted by Gasteiger charge is 1.96. The average molecular weight is 179 g/mol. The van der Waals surface area contributed by atoms with Gasteiger partial charge in [-0.25, -0.2) is 0 Å². The highest BCUT2D eigenvalue weighted by atomic mass is 16.5. The molecule has 1 rings (SSSR count). The van der Waals surface area contributed by atoms with Crippen LogP contribution in [0.15, 0.2) is 29.1 Å². The lowest BCUT2D eigenvalue weighted by Gasteiger charge is -2.03. The summed E-state index contributed by atoms with van der Waals surface area (Å²) >= 11 is 0. The lowest BCUT2D eigenvalue weighted by atomic mass is 10.3. The number of hydrogen-bond acceptors (Lipinski definition) is 2. The molecule has 0 aromatic rings. The first-order valence-corrected chi connectivity index (χ1v) is 4.85. The second-order valence-electron chi connectivity index (χ2n) is 3.20. The van der Waals surface area contributed by atoms with Crippen molar-refractivity contribution in [1.82, 2.24) is 0 Å². The van der Waals surface area contributed by atoms with Gasteiger partial charge in [0.05, 0.1) is 12.8 Å². The fourth-order valence-corrected chi connectivity index (χ4v) is 1.03. The van der Waals surface area contributed by atoms with Crippen LogP contribution in [0.25, 0.3) is 0 Å². The van der Waals surface area contributed by atoms with Gasteiger partial charge in [-0.1, -0.05) is 19.4 Å². The molecular weight excluding hydrogens is 162 g/mol. The molecule has 0 saturated carbocycles. The minimum Gasteiger partial charge on any atom is -0.492 e. The van der Waals surface area contributed by atoms with E-state index in [1.54, 1.807) is 6.20 Å². The molecule has 1 heterocycles.